The van der Waals surface area contributed by atoms with Crippen molar-refractivity contribution in [2.24, 2.45) is 0 Å². The topological polar surface area (TPSA) is 67.4 Å². The summed E-state index contributed by atoms with van der Waals surface area (Å²) in [7, 11) is 0. The Kier molecular flexibility index (Phi) is 5.28. The van der Waals surface area contributed by atoms with Gasteiger partial charge in [0.25, 0.3) is 11.8 Å². The van der Waals surface area contributed by atoms with Crippen LogP contribution in [0.2, 0.25) is 0 Å². The Morgan fingerprint density at radius 1 is 1.04 bits per heavy atom. The largest absolute Gasteiger partial charge is 0.477 e. The second kappa shape index (κ2) is 7.79. The first-order valence-electron chi connectivity index (χ1n) is 8.20. The molecule has 2 aromatic carbocycles. The highest BCUT2D eigenvalue weighted by molar-refractivity contribution is 5.94. The van der Waals surface area contributed by atoms with Crippen LogP contribution in [0.15, 0.2) is 48.5 Å². The molecule has 0 aliphatic carbocycles. The Morgan fingerprint density at radius 2 is 1.80 bits per heavy atom. The monoisotopic (exact) mass is 342 g/mol. The van der Waals surface area contributed by atoms with Gasteiger partial charge in [-0.15, -0.1) is 0 Å². The number of amides is 2. The van der Waals surface area contributed by atoms with Crippen LogP contribution in [0.5, 0.6) is 5.75 Å². The summed E-state index contributed by atoms with van der Waals surface area (Å²) in [5, 5.41) is 5.55. The Labute approximate surface area is 145 Å². The van der Waals surface area contributed by atoms with Crippen LogP contribution in [0.3, 0.4) is 0 Å². The number of hydrogen-bond acceptors (Lipinski definition) is 3. The second-order valence-corrected chi connectivity index (χ2v) is 5.81. The summed E-state index contributed by atoms with van der Waals surface area (Å²) in [4.78, 5) is 24.0. The first-order chi connectivity index (χ1) is 12.1. The average molecular weight is 342 g/mol. The highest BCUT2D eigenvalue weighted by Crippen LogP contribution is 2.31. The van der Waals surface area contributed by atoms with Gasteiger partial charge >= 0.3 is 0 Å². The van der Waals surface area contributed by atoms with Crippen molar-refractivity contribution in [2.45, 2.75) is 18.9 Å². The molecule has 1 heterocycles. The normalized spacial score (nSPS) is 15.2. The van der Waals surface area contributed by atoms with E-state index in [4.69, 9.17) is 4.74 Å². The maximum atomic E-state index is 13.6. The molecule has 1 atom stereocenters. The number of halogens is 1. The third kappa shape index (κ3) is 4.15. The fourth-order valence-corrected chi connectivity index (χ4v) is 2.68. The van der Waals surface area contributed by atoms with Gasteiger partial charge in [0.1, 0.15) is 0 Å². The van der Waals surface area contributed by atoms with Crippen molar-refractivity contribution in [1.82, 2.24) is 10.6 Å². The molecule has 6 heteroatoms. The molecule has 0 bridgehead atoms. The van der Waals surface area contributed by atoms with Crippen LogP contribution in [-0.4, -0.2) is 31.0 Å². The smallest absolute Gasteiger partial charge is 0.261 e. The molecular formula is C19H19FN2O3. The van der Waals surface area contributed by atoms with Gasteiger partial charge in [0.15, 0.2) is 17.7 Å². The summed E-state index contributed by atoms with van der Waals surface area (Å²) < 4.78 is 19.0. The summed E-state index contributed by atoms with van der Waals surface area (Å²) >= 11 is 0. The molecule has 1 aliphatic rings. The molecule has 25 heavy (non-hydrogen) atoms. The SMILES string of the molecule is O=C(NCCCNC(=O)C1Cc2cccc(F)c2O1)c1ccccc1. The van der Waals surface area contributed by atoms with Gasteiger partial charge in [-0.1, -0.05) is 30.3 Å². The molecule has 0 spiro atoms. The van der Waals surface area contributed by atoms with Crippen molar-refractivity contribution in [3.05, 3.63) is 65.5 Å². The molecule has 2 aromatic rings. The zero-order valence-electron chi connectivity index (χ0n) is 13.6. The highest BCUT2D eigenvalue weighted by atomic mass is 19.1. The zero-order valence-corrected chi connectivity index (χ0v) is 13.6. The molecule has 5 nitrogen and oxygen atoms in total. The van der Waals surface area contributed by atoms with Crippen LogP contribution < -0.4 is 15.4 Å². The fraction of sp³-hybridized carbons (Fsp3) is 0.263. The van der Waals surface area contributed by atoms with Crippen molar-refractivity contribution in [3.8, 4) is 5.75 Å². The molecule has 2 N–H and O–H groups in total. The van der Waals surface area contributed by atoms with Crippen LogP contribution in [0, 0.1) is 5.82 Å². The highest BCUT2D eigenvalue weighted by Gasteiger charge is 2.30. The molecule has 0 radical (unpaired) electrons. The summed E-state index contributed by atoms with van der Waals surface area (Å²) in [6, 6.07) is 13.6. The minimum absolute atomic E-state index is 0.142. The maximum absolute atomic E-state index is 13.6. The number of para-hydroxylation sites is 1. The standard InChI is InChI=1S/C19H19FN2O3/c20-15-9-4-8-14-12-16(25-17(14)15)19(24)22-11-5-10-21-18(23)13-6-2-1-3-7-13/h1-4,6-9,16H,5,10-12H2,(H,21,23)(H,22,24). The summed E-state index contributed by atoms with van der Waals surface area (Å²) in [5.74, 6) is -0.698. The predicted octanol–water partition coefficient (Wildman–Crippen LogP) is 2.07. The van der Waals surface area contributed by atoms with Crippen LogP contribution in [0.1, 0.15) is 22.3 Å². The predicted molar refractivity (Wildman–Crippen MR) is 90.9 cm³/mol. The third-order valence-corrected chi connectivity index (χ3v) is 3.98. The van der Waals surface area contributed by atoms with Crippen LogP contribution in [0.25, 0.3) is 0 Å². The van der Waals surface area contributed by atoms with E-state index in [0.717, 1.165) is 0 Å². The summed E-state index contributed by atoms with van der Waals surface area (Å²) in [6.07, 6.45) is 0.257. The van der Waals surface area contributed by atoms with E-state index in [2.05, 4.69) is 10.6 Å². The van der Waals surface area contributed by atoms with Gasteiger partial charge in [0.2, 0.25) is 0 Å². The lowest BCUT2D eigenvalue weighted by atomic mass is 10.1. The van der Waals surface area contributed by atoms with Crippen molar-refractivity contribution in [1.29, 1.82) is 0 Å². The van der Waals surface area contributed by atoms with Crippen molar-refractivity contribution >= 4 is 11.8 Å². The second-order valence-electron chi connectivity index (χ2n) is 5.81. The quantitative estimate of drug-likeness (QED) is 0.790. The number of ether oxygens (including phenoxy) is 1. The van der Waals surface area contributed by atoms with Gasteiger partial charge in [-0.3, -0.25) is 9.59 Å². The van der Waals surface area contributed by atoms with Gasteiger partial charge in [-0.05, 0) is 24.6 Å². The lowest BCUT2D eigenvalue weighted by molar-refractivity contribution is -0.127. The van der Waals surface area contributed by atoms with E-state index in [1.807, 2.05) is 6.07 Å². The van der Waals surface area contributed by atoms with Crippen LogP contribution in [0.4, 0.5) is 4.39 Å². The van der Waals surface area contributed by atoms with Crippen molar-refractivity contribution < 1.29 is 18.7 Å². The van der Waals surface area contributed by atoms with Gasteiger partial charge in [-0.25, -0.2) is 4.39 Å². The molecule has 2 amide bonds. The van der Waals surface area contributed by atoms with Gasteiger partial charge in [-0.2, -0.15) is 0 Å². The molecule has 0 fully saturated rings. The van der Waals surface area contributed by atoms with Crippen molar-refractivity contribution in [3.63, 3.8) is 0 Å². The molecule has 0 saturated heterocycles. The molecule has 3 rings (SSSR count). The molecule has 130 valence electrons. The number of fused-ring (bicyclic) bond motifs is 1. The first kappa shape index (κ1) is 17.0. The molecule has 1 aliphatic heterocycles. The minimum Gasteiger partial charge on any atom is -0.477 e. The Morgan fingerprint density at radius 3 is 2.56 bits per heavy atom. The number of nitrogens with one attached hydrogen (secondary N) is 2. The lowest BCUT2D eigenvalue weighted by Crippen LogP contribution is -2.38. The first-order valence-corrected chi connectivity index (χ1v) is 8.20. The van der Waals surface area contributed by atoms with E-state index in [9.17, 15) is 14.0 Å². The summed E-state index contributed by atoms with van der Waals surface area (Å²) in [5.41, 5.74) is 1.31. The number of hydrogen-bond donors (Lipinski definition) is 2. The van der Waals surface area contributed by atoms with Crippen molar-refractivity contribution in [2.75, 3.05) is 13.1 Å². The minimum atomic E-state index is -0.703. The summed E-state index contributed by atoms with van der Waals surface area (Å²) in [6.45, 7) is 0.862. The van der Waals surface area contributed by atoms with Gasteiger partial charge in [0, 0.05) is 30.6 Å². The lowest BCUT2D eigenvalue weighted by Gasteiger charge is -2.11. The van der Waals surface area contributed by atoms with E-state index in [-0.39, 0.29) is 17.6 Å². The molecule has 1 unspecified atom stereocenters. The van der Waals surface area contributed by atoms with E-state index >= 15 is 0 Å². The zero-order chi connectivity index (χ0) is 17.6. The number of benzene rings is 2. The maximum Gasteiger partial charge on any atom is 0.261 e. The fourth-order valence-electron chi connectivity index (χ4n) is 2.68. The molecule has 0 saturated carbocycles. The van der Waals surface area contributed by atoms with Gasteiger partial charge < -0.3 is 15.4 Å². The number of carbonyl (C=O) groups excluding carboxylic acids is 2. The van der Waals surface area contributed by atoms with E-state index in [0.29, 0.717) is 37.1 Å². The third-order valence-electron chi connectivity index (χ3n) is 3.98. The Balaban J connectivity index is 1.37. The van der Waals surface area contributed by atoms with Crippen LogP contribution in [-0.2, 0) is 11.2 Å². The Hall–Kier alpha value is -2.89. The van der Waals surface area contributed by atoms with E-state index in [1.54, 1.807) is 36.4 Å². The Bertz CT molecular complexity index is 765. The average Bonchev–Trinajstić information content (AvgIpc) is 3.08. The molecular weight excluding hydrogens is 323 g/mol. The van der Waals surface area contributed by atoms with Gasteiger partial charge in [0.05, 0.1) is 0 Å². The molecule has 0 aromatic heterocycles. The number of carbonyl (C=O) groups is 2. The number of rotatable bonds is 6. The van der Waals surface area contributed by atoms with E-state index in [1.165, 1.54) is 6.07 Å². The van der Waals surface area contributed by atoms with Crippen LogP contribution >= 0.6 is 0 Å². The van der Waals surface area contributed by atoms with E-state index < -0.39 is 11.9 Å².